The molecular weight excluding hydrogens is 244 g/mol. The van der Waals surface area contributed by atoms with Gasteiger partial charge in [-0.15, -0.1) is 11.8 Å². The minimum atomic E-state index is -0.256. The molecule has 0 radical (unpaired) electrons. The SMILES string of the molecule is CC(=O)O[C@@]1(C)CCC[C@@H]1CSc1ccccc1. The van der Waals surface area contributed by atoms with Crippen LogP contribution in [0.1, 0.15) is 33.1 Å². The molecule has 2 atom stereocenters. The van der Waals surface area contributed by atoms with Gasteiger partial charge in [0.2, 0.25) is 0 Å². The molecule has 1 aromatic rings. The highest BCUT2D eigenvalue weighted by atomic mass is 32.2. The predicted octanol–water partition coefficient (Wildman–Crippen LogP) is 3.90. The molecule has 18 heavy (non-hydrogen) atoms. The molecule has 0 amide bonds. The summed E-state index contributed by atoms with van der Waals surface area (Å²) >= 11 is 1.86. The monoisotopic (exact) mass is 264 g/mol. The van der Waals surface area contributed by atoms with Crippen LogP contribution in [0.4, 0.5) is 0 Å². The predicted molar refractivity (Wildman–Crippen MR) is 74.7 cm³/mol. The molecule has 1 fully saturated rings. The quantitative estimate of drug-likeness (QED) is 0.609. The van der Waals surface area contributed by atoms with Gasteiger partial charge in [-0.05, 0) is 38.3 Å². The topological polar surface area (TPSA) is 26.3 Å². The number of carbonyl (C=O) groups is 1. The third-order valence-electron chi connectivity index (χ3n) is 3.66. The molecule has 0 unspecified atom stereocenters. The molecule has 2 nitrogen and oxygen atoms in total. The summed E-state index contributed by atoms with van der Waals surface area (Å²) in [5.41, 5.74) is -0.256. The van der Waals surface area contributed by atoms with Crippen LogP contribution >= 0.6 is 11.8 Å². The van der Waals surface area contributed by atoms with E-state index in [1.807, 2.05) is 17.8 Å². The number of ether oxygens (including phenoxy) is 1. The van der Waals surface area contributed by atoms with Crippen LogP contribution in [0.5, 0.6) is 0 Å². The van der Waals surface area contributed by atoms with Gasteiger partial charge >= 0.3 is 5.97 Å². The molecule has 0 bridgehead atoms. The van der Waals surface area contributed by atoms with E-state index in [-0.39, 0.29) is 11.6 Å². The van der Waals surface area contributed by atoms with E-state index in [0.29, 0.717) is 5.92 Å². The Bertz CT molecular complexity index is 404. The Morgan fingerprint density at radius 1 is 1.44 bits per heavy atom. The van der Waals surface area contributed by atoms with Crippen molar-refractivity contribution in [2.24, 2.45) is 5.92 Å². The van der Waals surface area contributed by atoms with E-state index in [0.717, 1.165) is 25.0 Å². The largest absolute Gasteiger partial charge is 0.459 e. The first kappa shape index (κ1) is 13.5. The van der Waals surface area contributed by atoms with Crippen molar-refractivity contribution in [3.05, 3.63) is 30.3 Å². The van der Waals surface area contributed by atoms with Crippen molar-refractivity contribution in [3.63, 3.8) is 0 Å². The lowest BCUT2D eigenvalue weighted by atomic mass is 9.94. The lowest BCUT2D eigenvalue weighted by Crippen LogP contribution is -2.36. The maximum Gasteiger partial charge on any atom is 0.303 e. The summed E-state index contributed by atoms with van der Waals surface area (Å²) in [7, 11) is 0. The molecule has 0 saturated heterocycles. The van der Waals surface area contributed by atoms with E-state index >= 15 is 0 Å². The summed E-state index contributed by atoms with van der Waals surface area (Å²) in [4.78, 5) is 12.5. The van der Waals surface area contributed by atoms with Crippen LogP contribution in [0.3, 0.4) is 0 Å². The zero-order valence-electron chi connectivity index (χ0n) is 11.0. The van der Waals surface area contributed by atoms with Crippen molar-refractivity contribution < 1.29 is 9.53 Å². The average Bonchev–Trinajstić information content (AvgIpc) is 2.68. The summed E-state index contributed by atoms with van der Waals surface area (Å²) in [5, 5.41) is 0. The Balaban J connectivity index is 1.94. The van der Waals surface area contributed by atoms with Gasteiger partial charge < -0.3 is 4.74 Å². The van der Waals surface area contributed by atoms with Gasteiger partial charge in [-0.25, -0.2) is 0 Å². The normalized spacial score (nSPS) is 27.1. The van der Waals surface area contributed by atoms with Crippen molar-refractivity contribution in [1.82, 2.24) is 0 Å². The molecule has 1 aromatic carbocycles. The second-order valence-corrected chi connectivity index (χ2v) is 6.21. The molecule has 0 aliphatic heterocycles. The van der Waals surface area contributed by atoms with Crippen LogP contribution in [0.25, 0.3) is 0 Å². The van der Waals surface area contributed by atoms with Crippen molar-refractivity contribution in [2.75, 3.05) is 5.75 Å². The van der Waals surface area contributed by atoms with Crippen LogP contribution in [0, 0.1) is 5.92 Å². The van der Waals surface area contributed by atoms with Crippen LogP contribution in [0.2, 0.25) is 0 Å². The summed E-state index contributed by atoms with van der Waals surface area (Å²) in [5.74, 6) is 1.33. The average molecular weight is 264 g/mol. The third-order valence-corrected chi connectivity index (χ3v) is 4.84. The van der Waals surface area contributed by atoms with Gasteiger partial charge in [-0.1, -0.05) is 18.2 Å². The van der Waals surface area contributed by atoms with Gasteiger partial charge in [-0.3, -0.25) is 4.79 Å². The number of thioether (sulfide) groups is 1. The van der Waals surface area contributed by atoms with Crippen LogP contribution in [0.15, 0.2) is 35.2 Å². The fourth-order valence-electron chi connectivity index (χ4n) is 2.64. The molecule has 1 aliphatic rings. The second-order valence-electron chi connectivity index (χ2n) is 5.12. The van der Waals surface area contributed by atoms with Gasteiger partial charge in [0.05, 0.1) is 0 Å². The van der Waals surface area contributed by atoms with E-state index in [1.54, 1.807) is 0 Å². The fourth-order valence-corrected chi connectivity index (χ4v) is 3.91. The molecular formula is C15H20O2S. The van der Waals surface area contributed by atoms with Crippen LogP contribution in [-0.2, 0) is 9.53 Å². The Kier molecular flexibility index (Phi) is 4.33. The maximum atomic E-state index is 11.2. The van der Waals surface area contributed by atoms with Gasteiger partial charge in [0.15, 0.2) is 0 Å². The third kappa shape index (κ3) is 3.29. The zero-order chi connectivity index (χ0) is 13.0. The number of rotatable bonds is 4. The minimum Gasteiger partial charge on any atom is -0.459 e. The number of carbonyl (C=O) groups excluding carboxylic acids is 1. The smallest absolute Gasteiger partial charge is 0.303 e. The van der Waals surface area contributed by atoms with E-state index in [2.05, 4.69) is 31.2 Å². The van der Waals surface area contributed by atoms with E-state index < -0.39 is 0 Å². The van der Waals surface area contributed by atoms with Gasteiger partial charge in [0.25, 0.3) is 0 Å². The molecule has 0 aromatic heterocycles. The molecule has 3 heteroatoms. The molecule has 98 valence electrons. The zero-order valence-corrected chi connectivity index (χ0v) is 11.8. The molecule has 0 spiro atoms. The molecule has 1 saturated carbocycles. The Morgan fingerprint density at radius 2 is 2.17 bits per heavy atom. The summed E-state index contributed by atoms with van der Waals surface area (Å²) < 4.78 is 5.55. The first-order valence-electron chi connectivity index (χ1n) is 6.47. The summed E-state index contributed by atoms with van der Waals surface area (Å²) in [6.07, 6.45) is 3.31. The van der Waals surface area contributed by atoms with Crippen LogP contribution in [-0.4, -0.2) is 17.3 Å². The molecule has 2 rings (SSSR count). The van der Waals surface area contributed by atoms with E-state index in [9.17, 15) is 4.79 Å². The highest BCUT2D eigenvalue weighted by molar-refractivity contribution is 7.99. The number of esters is 1. The molecule has 1 aliphatic carbocycles. The van der Waals surface area contributed by atoms with Crippen molar-refractivity contribution >= 4 is 17.7 Å². The molecule has 0 N–H and O–H groups in total. The van der Waals surface area contributed by atoms with Gasteiger partial charge in [0.1, 0.15) is 5.60 Å². The number of benzene rings is 1. The highest BCUT2D eigenvalue weighted by Crippen LogP contribution is 2.41. The molecule has 0 heterocycles. The van der Waals surface area contributed by atoms with Gasteiger partial charge in [-0.2, -0.15) is 0 Å². The lowest BCUT2D eigenvalue weighted by Gasteiger charge is -2.30. The van der Waals surface area contributed by atoms with Crippen molar-refractivity contribution in [1.29, 1.82) is 0 Å². The minimum absolute atomic E-state index is 0.158. The van der Waals surface area contributed by atoms with Crippen LogP contribution < -0.4 is 0 Å². The summed E-state index contributed by atoms with van der Waals surface area (Å²) in [6.45, 7) is 3.59. The highest BCUT2D eigenvalue weighted by Gasteiger charge is 2.41. The van der Waals surface area contributed by atoms with Crippen molar-refractivity contribution in [3.8, 4) is 0 Å². The number of hydrogen-bond acceptors (Lipinski definition) is 3. The Morgan fingerprint density at radius 3 is 2.83 bits per heavy atom. The second kappa shape index (κ2) is 5.79. The first-order valence-corrected chi connectivity index (χ1v) is 7.46. The Hall–Kier alpha value is -0.960. The summed E-state index contributed by atoms with van der Waals surface area (Å²) in [6, 6.07) is 10.4. The van der Waals surface area contributed by atoms with Gasteiger partial charge in [0, 0.05) is 23.5 Å². The lowest BCUT2D eigenvalue weighted by molar-refractivity contribution is -0.158. The first-order chi connectivity index (χ1) is 8.60. The van der Waals surface area contributed by atoms with E-state index in [4.69, 9.17) is 4.74 Å². The maximum absolute atomic E-state index is 11.2. The standard InChI is InChI=1S/C15H20O2S/c1-12(16)17-15(2)10-6-7-13(15)11-18-14-8-4-3-5-9-14/h3-5,8-9,13H,6-7,10-11H2,1-2H3/t13-,15+/m1/s1. The van der Waals surface area contributed by atoms with E-state index in [1.165, 1.54) is 11.8 Å². The number of hydrogen-bond donors (Lipinski definition) is 0. The van der Waals surface area contributed by atoms with Crippen molar-refractivity contribution in [2.45, 2.75) is 43.6 Å². The fraction of sp³-hybridized carbons (Fsp3) is 0.533. The Labute approximate surface area is 113 Å².